The summed E-state index contributed by atoms with van der Waals surface area (Å²) >= 11 is 0. The molecule has 0 aliphatic carbocycles. The molecule has 2 atom stereocenters. The lowest BCUT2D eigenvalue weighted by molar-refractivity contribution is -0.0729. The van der Waals surface area contributed by atoms with E-state index >= 15 is 0 Å². The minimum Gasteiger partial charge on any atom is -0.370 e. The monoisotopic (exact) mass is 279 g/mol. The normalized spacial score (nSPS) is 26.9. The number of fused-ring (bicyclic) bond motifs is 1. The number of nitrogens with zero attached hydrogens (tertiary/aromatic N) is 2. The Kier molecular flexibility index (Phi) is 3.66. The number of piperazine rings is 1. The molecule has 0 unspecified atom stereocenters. The van der Waals surface area contributed by atoms with Crippen LogP contribution < -0.4 is 5.32 Å². The van der Waals surface area contributed by atoms with E-state index in [0.717, 1.165) is 25.7 Å². The molecule has 1 N–H and O–H groups in total. The lowest BCUT2D eigenvalue weighted by atomic mass is 10.0. The molecule has 2 aliphatic rings. The van der Waals surface area contributed by atoms with Crippen molar-refractivity contribution in [2.45, 2.75) is 12.1 Å². The van der Waals surface area contributed by atoms with Gasteiger partial charge in [-0.05, 0) is 12.1 Å². The molecule has 106 valence electrons. The first-order valence-corrected chi connectivity index (χ1v) is 6.62. The molecular weight excluding hydrogens is 264 g/mol. The first-order valence-electron chi connectivity index (χ1n) is 6.62. The van der Waals surface area contributed by atoms with Gasteiger partial charge in [-0.1, -0.05) is 0 Å². The molecule has 0 spiro atoms. The van der Waals surface area contributed by atoms with Crippen LogP contribution in [0, 0.1) is 18.2 Å². The van der Waals surface area contributed by atoms with Crippen molar-refractivity contribution in [3.05, 3.63) is 40.7 Å². The molecule has 2 fully saturated rings. The van der Waals surface area contributed by atoms with E-state index in [0.29, 0.717) is 19.2 Å². The molecule has 2 aliphatic heterocycles. The van der Waals surface area contributed by atoms with Crippen molar-refractivity contribution < 1.29 is 13.5 Å². The number of hydrogen-bond acceptors (Lipinski definition) is 3. The van der Waals surface area contributed by atoms with Gasteiger partial charge in [0, 0.05) is 37.8 Å². The van der Waals surface area contributed by atoms with Crippen molar-refractivity contribution in [1.29, 1.82) is 0 Å². The Morgan fingerprint density at radius 3 is 3.00 bits per heavy atom. The zero-order chi connectivity index (χ0) is 14.1. The molecule has 4 nitrogen and oxygen atoms in total. The molecule has 1 aromatic rings. The Morgan fingerprint density at radius 2 is 2.20 bits per heavy atom. The first-order chi connectivity index (χ1) is 9.69. The number of ether oxygens (including phenoxy) is 1. The lowest BCUT2D eigenvalue weighted by Crippen LogP contribution is -2.57. The molecule has 1 aromatic carbocycles. The van der Waals surface area contributed by atoms with Crippen LogP contribution in [0.25, 0.3) is 4.85 Å². The zero-order valence-electron chi connectivity index (χ0n) is 10.9. The van der Waals surface area contributed by atoms with E-state index in [1.807, 2.05) is 0 Å². The summed E-state index contributed by atoms with van der Waals surface area (Å²) in [5.74, 6) is -1.47. The molecule has 0 saturated carbocycles. The van der Waals surface area contributed by atoms with Crippen molar-refractivity contribution >= 4 is 5.69 Å². The summed E-state index contributed by atoms with van der Waals surface area (Å²) in [7, 11) is 0. The van der Waals surface area contributed by atoms with Gasteiger partial charge in [-0.15, -0.1) is 0 Å². The van der Waals surface area contributed by atoms with E-state index in [1.54, 1.807) is 0 Å². The number of nitrogens with one attached hydrogen (secondary N) is 1. The summed E-state index contributed by atoms with van der Waals surface area (Å²) in [6, 6.07) is 2.35. The molecule has 2 saturated heterocycles. The quantitative estimate of drug-likeness (QED) is 0.796. The predicted molar refractivity (Wildman–Crippen MR) is 69.5 cm³/mol. The van der Waals surface area contributed by atoms with E-state index in [2.05, 4.69) is 15.1 Å². The maximum absolute atomic E-state index is 13.9. The maximum Gasteiger partial charge on any atom is 0.222 e. The number of rotatable bonds is 1. The molecule has 0 bridgehead atoms. The highest BCUT2D eigenvalue weighted by Crippen LogP contribution is 2.31. The third-order valence-corrected chi connectivity index (χ3v) is 3.90. The van der Waals surface area contributed by atoms with Crippen molar-refractivity contribution in [3.63, 3.8) is 0 Å². The van der Waals surface area contributed by atoms with Crippen molar-refractivity contribution in [3.8, 4) is 0 Å². The Hall–Kier alpha value is -1.55. The number of benzene rings is 1. The number of hydrogen-bond donors (Lipinski definition) is 1. The second-order valence-electron chi connectivity index (χ2n) is 5.11. The van der Waals surface area contributed by atoms with Crippen LogP contribution in [0.2, 0.25) is 0 Å². The molecule has 2 heterocycles. The van der Waals surface area contributed by atoms with Crippen LogP contribution in [-0.2, 0) is 4.74 Å². The summed E-state index contributed by atoms with van der Waals surface area (Å²) in [5, 5.41) is 3.29. The van der Waals surface area contributed by atoms with Gasteiger partial charge in [0.05, 0.1) is 19.3 Å². The lowest BCUT2D eigenvalue weighted by Gasteiger charge is -2.42. The summed E-state index contributed by atoms with van der Waals surface area (Å²) in [4.78, 5) is 5.33. The molecule has 0 radical (unpaired) electrons. The molecule has 20 heavy (non-hydrogen) atoms. The van der Waals surface area contributed by atoms with Crippen LogP contribution in [-0.4, -0.2) is 43.7 Å². The van der Waals surface area contributed by atoms with Crippen molar-refractivity contribution in [2.75, 3.05) is 32.8 Å². The largest absolute Gasteiger partial charge is 0.370 e. The van der Waals surface area contributed by atoms with Gasteiger partial charge in [0.1, 0.15) is 11.6 Å². The van der Waals surface area contributed by atoms with Gasteiger partial charge in [0.2, 0.25) is 5.69 Å². The van der Waals surface area contributed by atoms with E-state index in [9.17, 15) is 8.78 Å². The maximum atomic E-state index is 13.9. The molecule has 0 amide bonds. The second kappa shape index (κ2) is 5.44. The van der Waals surface area contributed by atoms with Gasteiger partial charge in [-0.3, -0.25) is 4.90 Å². The Labute approximate surface area is 116 Å². The third kappa shape index (κ3) is 2.40. The molecule has 3 rings (SSSR count). The Balaban J connectivity index is 1.85. The third-order valence-electron chi connectivity index (χ3n) is 3.90. The van der Waals surface area contributed by atoms with Crippen LogP contribution in [0.3, 0.4) is 0 Å². The zero-order valence-corrected chi connectivity index (χ0v) is 10.9. The van der Waals surface area contributed by atoms with E-state index in [1.165, 1.54) is 6.07 Å². The standard InChI is InChI=1S/C14H15F2N3O/c1-17-13-4-10(11(15)5-12(13)16)14-7-19-3-2-18-6-9(19)8-20-14/h4-5,9,14,18H,2-3,6-8H2/t9-,14-/m0/s1. The summed E-state index contributed by atoms with van der Waals surface area (Å²) in [6.45, 7) is 10.7. The van der Waals surface area contributed by atoms with Crippen LogP contribution in [0.4, 0.5) is 14.5 Å². The highest BCUT2D eigenvalue weighted by Gasteiger charge is 2.32. The fraction of sp³-hybridized carbons (Fsp3) is 0.500. The molecule has 0 aromatic heterocycles. The SMILES string of the molecule is [C-]#[N+]c1cc([C@@H]2CN3CCNC[C@H]3CO2)c(F)cc1F. The Bertz CT molecular complexity index is 558. The molecular formula is C14H15F2N3O. The van der Waals surface area contributed by atoms with Gasteiger partial charge in [0.25, 0.3) is 0 Å². The number of morpholine rings is 1. The fourth-order valence-corrected chi connectivity index (χ4v) is 2.77. The average molecular weight is 279 g/mol. The van der Waals surface area contributed by atoms with Gasteiger partial charge in [-0.2, -0.15) is 0 Å². The summed E-state index contributed by atoms with van der Waals surface area (Å²) < 4.78 is 33.0. The minimum atomic E-state index is -0.822. The van der Waals surface area contributed by atoms with Crippen molar-refractivity contribution in [1.82, 2.24) is 10.2 Å². The summed E-state index contributed by atoms with van der Waals surface area (Å²) in [5.41, 5.74) is 0.113. The van der Waals surface area contributed by atoms with Gasteiger partial charge < -0.3 is 10.1 Å². The molecule has 6 heteroatoms. The van der Waals surface area contributed by atoms with Crippen molar-refractivity contribution in [2.24, 2.45) is 0 Å². The van der Waals surface area contributed by atoms with E-state index in [-0.39, 0.29) is 11.3 Å². The highest BCUT2D eigenvalue weighted by molar-refractivity contribution is 5.49. The Morgan fingerprint density at radius 1 is 1.35 bits per heavy atom. The topological polar surface area (TPSA) is 28.9 Å². The van der Waals surface area contributed by atoms with E-state index < -0.39 is 17.7 Å². The van der Waals surface area contributed by atoms with Gasteiger partial charge >= 0.3 is 0 Å². The first kappa shape index (κ1) is 13.4. The van der Waals surface area contributed by atoms with Gasteiger partial charge in [0.15, 0.2) is 0 Å². The van der Waals surface area contributed by atoms with Crippen LogP contribution in [0.5, 0.6) is 0 Å². The average Bonchev–Trinajstić information content (AvgIpc) is 2.47. The second-order valence-corrected chi connectivity index (χ2v) is 5.11. The minimum absolute atomic E-state index is 0.160. The summed E-state index contributed by atoms with van der Waals surface area (Å²) in [6.07, 6.45) is -0.439. The van der Waals surface area contributed by atoms with Crippen LogP contribution in [0.1, 0.15) is 11.7 Å². The van der Waals surface area contributed by atoms with Gasteiger partial charge in [-0.25, -0.2) is 13.6 Å². The number of halogens is 2. The smallest absolute Gasteiger partial charge is 0.222 e. The van der Waals surface area contributed by atoms with Crippen LogP contribution >= 0.6 is 0 Å². The highest BCUT2D eigenvalue weighted by atomic mass is 19.1. The fourth-order valence-electron chi connectivity index (χ4n) is 2.77. The van der Waals surface area contributed by atoms with Crippen LogP contribution in [0.15, 0.2) is 12.1 Å². The predicted octanol–water partition coefficient (Wildman–Crippen LogP) is 1.86. The van der Waals surface area contributed by atoms with E-state index in [4.69, 9.17) is 11.3 Å².